The normalized spacial score (nSPS) is 13.4. The van der Waals surface area contributed by atoms with E-state index in [9.17, 15) is 0 Å². The van der Waals surface area contributed by atoms with Crippen molar-refractivity contribution in [2.24, 2.45) is 0 Å². The van der Waals surface area contributed by atoms with E-state index in [-0.39, 0.29) is 0 Å². The van der Waals surface area contributed by atoms with Crippen LogP contribution in [0.5, 0.6) is 0 Å². The van der Waals surface area contributed by atoms with E-state index in [4.69, 9.17) is 5.26 Å². The Morgan fingerprint density at radius 3 is 3.10 bits per heavy atom. The van der Waals surface area contributed by atoms with Crippen molar-refractivity contribution in [1.82, 2.24) is 10.3 Å². The summed E-state index contributed by atoms with van der Waals surface area (Å²) in [5.41, 5.74) is 5.23. The number of benzene rings is 1. The van der Waals surface area contributed by atoms with Gasteiger partial charge in [-0.2, -0.15) is 5.26 Å². The first-order valence-corrected chi connectivity index (χ1v) is 6.73. The van der Waals surface area contributed by atoms with Crippen molar-refractivity contribution in [3.8, 4) is 6.07 Å². The topological polar surface area (TPSA) is 60.7 Å². The quantitative estimate of drug-likeness (QED) is 0.875. The number of anilines is 2. The van der Waals surface area contributed by atoms with Gasteiger partial charge in [0.2, 0.25) is 0 Å². The summed E-state index contributed by atoms with van der Waals surface area (Å²) in [4.78, 5) is 4.45. The van der Waals surface area contributed by atoms with Crippen LogP contribution in [0.1, 0.15) is 22.4 Å². The maximum Gasteiger partial charge on any atom is 0.131 e. The van der Waals surface area contributed by atoms with Crippen molar-refractivity contribution in [1.29, 1.82) is 5.26 Å². The van der Waals surface area contributed by atoms with E-state index in [1.807, 2.05) is 6.92 Å². The predicted molar refractivity (Wildman–Crippen MR) is 78.8 cm³/mol. The fraction of sp³-hybridized carbons (Fsp3) is 0.250. The Labute approximate surface area is 118 Å². The third-order valence-electron chi connectivity index (χ3n) is 3.49. The van der Waals surface area contributed by atoms with E-state index in [1.54, 1.807) is 12.1 Å². The zero-order chi connectivity index (χ0) is 13.9. The van der Waals surface area contributed by atoms with Gasteiger partial charge in [-0.05, 0) is 49.2 Å². The number of rotatable bonds is 2. The molecule has 1 aliphatic heterocycles. The predicted octanol–water partition coefficient (Wildman–Crippen LogP) is 2.65. The molecule has 3 rings (SSSR count). The third-order valence-corrected chi connectivity index (χ3v) is 3.49. The number of nitriles is 1. The molecule has 0 saturated heterocycles. The van der Waals surface area contributed by atoms with Crippen molar-refractivity contribution < 1.29 is 0 Å². The number of aryl methyl sites for hydroxylation is 1. The van der Waals surface area contributed by atoms with Gasteiger partial charge in [0.1, 0.15) is 5.82 Å². The van der Waals surface area contributed by atoms with Gasteiger partial charge in [0.15, 0.2) is 0 Å². The Bertz CT molecular complexity index is 685. The van der Waals surface area contributed by atoms with Crippen LogP contribution in [0.4, 0.5) is 11.5 Å². The lowest BCUT2D eigenvalue weighted by molar-refractivity contribution is 0.645. The highest BCUT2D eigenvalue weighted by Crippen LogP contribution is 2.26. The Hall–Kier alpha value is -2.38. The lowest BCUT2D eigenvalue weighted by Gasteiger charge is -2.21. The largest absolute Gasteiger partial charge is 0.340 e. The van der Waals surface area contributed by atoms with Crippen LogP contribution in [0.15, 0.2) is 30.3 Å². The second-order valence-corrected chi connectivity index (χ2v) is 4.99. The number of hydrogen-bond acceptors (Lipinski definition) is 4. The molecular formula is C16H16N4. The highest BCUT2D eigenvalue weighted by molar-refractivity contribution is 5.64. The van der Waals surface area contributed by atoms with Crippen LogP contribution >= 0.6 is 0 Å². The summed E-state index contributed by atoms with van der Waals surface area (Å²) >= 11 is 0. The minimum Gasteiger partial charge on any atom is -0.340 e. The molecule has 4 nitrogen and oxygen atoms in total. The number of nitrogens with one attached hydrogen (secondary N) is 2. The molecule has 0 saturated carbocycles. The second kappa shape index (κ2) is 5.32. The Balaban J connectivity index is 1.96. The third kappa shape index (κ3) is 2.49. The molecule has 0 aliphatic carbocycles. The van der Waals surface area contributed by atoms with E-state index in [1.165, 1.54) is 11.1 Å². The molecule has 0 atom stereocenters. The van der Waals surface area contributed by atoms with Crippen molar-refractivity contribution in [3.05, 3.63) is 52.7 Å². The molecule has 4 heteroatoms. The Morgan fingerprint density at radius 1 is 1.35 bits per heavy atom. The number of fused-ring (bicyclic) bond motifs is 1. The summed E-state index contributed by atoms with van der Waals surface area (Å²) in [6.07, 6.45) is 1.01. The molecule has 0 amide bonds. The van der Waals surface area contributed by atoms with E-state index in [0.717, 1.165) is 36.7 Å². The van der Waals surface area contributed by atoms with Crippen molar-refractivity contribution in [2.45, 2.75) is 19.9 Å². The average molecular weight is 264 g/mol. The SMILES string of the molecule is Cc1cc(C#N)cc(Nc2cccc3c2CCNC3)n1. The van der Waals surface area contributed by atoms with E-state index in [2.05, 4.69) is 39.9 Å². The van der Waals surface area contributed by atoms with E-state index >= 15 is 0 Å². The molecule has 100 valence electrons. The van der Waals surface area contributed by atoms with Gasteiger partial charge in [-0.15, -0.1) is 0 Å². The van der Waals surface area contributed by atoms with Crippen LogP contribution in [-0.4, -0.2) is 11.5 Å². The van der Waals surface area contributed by atoms with Gasteiger partial charge in [-0.1, -0.05) is 12.1 Å². The van der Waals surface area contributed by atoms with Crippen molar-refractivity contribution >= 4 is 11.5 Å². The van der Waals surface area contributed by atoms with Crippen LogP contribution < -0.4 is 10.6 Å². The van der Waals surface area contributed by atoms with Gasteiger partial charge < -0.3 is 10.6 Å². The fourth-order valence-corrected chi connectivity index (χ4v) is 2.58. The number of aromatic nitrogens is 1. The van der Waals surface area contributed by atoms with Crippen LogP contribution in [0.3, 0.4) is 0 Å². The lowest BCUT2D eigenvalue weighted by atomic mass is 9.99. The summed E-state index contributed by atoms with van der Waals surface area (Å²) in [7, 11) is 0. The van der Waals surface area contributed by atoms with Gasteiger partial charge in [0, 0.05) is 17.9 Å². The van der Waals surface area contributed by atoms with E-state index in [0.29, 0.717) is 5.56 Å². The van der Waals surface area contributed by atoms with Gasteiger partial charge in [-0.3, -0.25) is 0 Å². The average Bonchev–Trinajstić information content (AvgIpc) is 2.47. The minimum atomic E-state index is 0.631. The van der Waals surface area contributed by atoms with Crippen LogP contribution in [0.2, 0.25) is 0 Å². The van der Waals surface area contributed by atoms with E-state index < -0.39 is 0 Å². The number of pyridine rings is 1. The summed E-state index contributed by atoms with van der Waals surface area (Å²) < 4.78 is 0. The molecule has 0 bridgehead atoms. The smallest absolute Gasteiger partial charge is 0.131 e. The molecule has 0 fully saturated rings. The summed E-state index contributed by atoms with van der Waals surface area (Å²) in [6.45, 7) is 3.81. The van der Waals surface area contributed by atoms with Gasteiger partial charge in [-0.25, -0.2) is 4.98 Å². The van der Waals surface area contributed by atoms with Gasteiger partial charge in [0.05, 0.1) is 11.6 Å². The molecule has 2 aromatic rings. The van der Waals surface area contributed by atoms with Crippen LogP contribution in [0.25, 0.3) is 0 Å². The first-order valence-electron chi connectivity index (χ1n) is 6.73. The molecule has 0 spiro atoms. The Kier molecular flexibility index (Phi) is 3.36. The molecule has 20 heavy (non-hydrogen) atoms. The monoisotopic (exact) mass is 264 g/mol. The Morgan fingerprint density at radius 2 is 2.25 bits per heavy atom. The summed E-state index contributed by atoms with van der Waals surface area (Å²) in [5.74, 6) is 0.730. The maximum atomic E-state index is 9.03. The first-order chi connectivity index (χ1) is 9.76. The zero-order valence-corrected chi connectivity index (χ0v) is 11.4. The molecule has 0 unspecified atom stereocenters. The van der Waals surface area contributed by atoms with Crippen LogP contribution in [0, 0.1) is 18.3 Å². The van der Waals surface area contributed by atoms with Gasteiger partial charge in [0.25, 0.3) is 0 Å². The standard InChI is InChI=1S/C16H16N4/c1-11-7-12(9-17)8-16(19-11)20-15-4-2-3-13-10-18-6-5-14(13)15/h2-4,7-8,18H,5-6,10H2,1H3,(H,19,20). The first kappa shape index (κ1) is 12.6. The molecule has 2 heterocycles. The highest BCUT2D eigenvalue weighted by Gasteiger charge is 2.12. The minimum absolute atomic E-state index is 0.631. The second-order valence-electron chi connectivity index (χ2n) is 4.99. The fourth-order valence-electron chi connectivity index (χ4n) is 2.58. The molecule has 0 radical (unpaired) electrons. The summed E-state index contributed by atoms with van der Waals surface area (Å²) in [6, 6.07) is 12.0. The maximum absolute atomic E-state index is 9.03. The summed E-state index contributed by atoms with van der Waals surface area (Å²) in [5, 5.41) is 15.8. The molecule has 1 aromatic carbocycles. The number of hydrogen-bond donors (Lipinski definition) is 2. The van der Waals surface area contributed by atoms with Crippen molar-refractivity contribution in [3.63, 3.8) is 0 Å². The molecule has 2 N–H and O–H groups in total. The lowest BCUT2D eigenvalue weighted by Crippen LogP contribution is -2.24. The van der Waals surface area contributed by atoms with Gasteiger partial charge >= 0.3 is 0 Å². The zero-order valence-electron chi connectivity index (χ0n) is 11.4. The molecule has 1 aromatic heterocycles. The van der Waals surface area contributed by atoms with Crippen molar-refractivity contribution in [2.75, 3.05) is 11.9 Å². The highest BCUT2D eigenvalue weighted by atomic mass is 15.0. The van der Waals surface area contributed by atoms with Crippen LogP contribution in [-0.2, 0) is 13.0 Å². The molecular weight excluding hydrogens is 248 g/mol. The molecule has 1 aliphatic rings. The number of nitrogens with zero attached hydrogens (tertiary/aromatic N) is 2.